The van der Waals surface area contributed by atoms with Crippen LogP contribution in [0.1, 0.15) is 11.3 Å². The average molecular weight is 453 g/mol. The van der Waals surface area contributed by atoms with Crippen LogP contribution in [0, 0.1) is 17.0 Å². The second-order valence-corrected chi connectivity index (χ2v) is 8.35. The number of thiocarbonyl (C=S) groups is 1. The van der Waals surface area contributed by atoms with Crippen molar-refractivity contribution in [2.45, 2.75) is 6.92 Å². The summed E-state index contributed by atoms with van der Waals surface area (Å²) in [7, 11) is 1.58. The first kappa shape index (κ1) is 20.8. The molecule has 1 aliphatic heterocycles. The number of benzene rings is 2. The number of nitro benzene ring substituents is 1. The van der Waals surface area contributed by atoms with E-state index in [1.54, 1.807) is 62.6 Å². The molecule has 2 aromatic carbocycles. The number of hydrogen-bond acceptors (Lipinski definition) is 7. The fourth-order valence-electron chi connectivity index (χ4n) is 3.16. The maximum atomic E-state index is 12.9. The topological polar surface area (TPSA) is 85.8 Å². The van der Waals surface area contributed by atoms with E-state index >= 15 is 0 Å². The molecule has 7 nitrogen and oxygen atoms in total. The van der Waals surface area contributed by atoms with Crippen LogP contribution >= 0.6 is 24.0 Å². The van der Waals surface area contributed by atoms with Gasteiger partial charge in [-0.3, -0.25) is 19.8 Å². The summed E-state index contributed by atoms with van der Waals surface area (Å²) in [5.41, 5.74) is 2.15. The Hall–Kier alpha value is -3.43. The summed E-state index contributed by atoms with van der Waals surface area (Å²) in [6.07, 6.45) is 1.65. The summed E-state index contributed by atoms with van der Waals surface area (Å²) in [5, 5.41) is 10.9. The molecular weight excluding hydrogens is 436 g/mol. The summed E-state index contributed by atoms with van der Waals surface area (Å²) in [5.74, 6) is 1.51. The van der Waals surface area contributed by atoms with E-state index in [4.69, 9.17) is 21.4 Å². The van der Waals surface area contributed by atoms with Gasteiger partial charge in [0.25, 0.3) is 11.6 Å². The SMILES string of the molecule is COc1ccc(N2C(=O)C(=Cc3ccc(-c4ccc([N+](=O)[O-])cc4C)o3)SC2=S)cc1. The first-order valence-corrected chi connectivity index (χ1v) is 10.4. The minimum Gasteiger partial charge on any atom is -0.497 e. The second-order valence-electron chi connectivity index (χ2n) is 6.67. The standard InChI is InChI=1S/C22H16N2O5S2/c1-13-11-15(24(26)27)5-9-18(13)19-10-8-17(29-19)12-20-21(25)23(22(30)31-20)14-3-6-16(28-2)7-4-14/h3-12H,1-2H3. The van der Waals surface area contributed by atoms with Gasteiger partial charge in [0.1, 0.15) is 17.3 Å². The molecule has 3 aromatic rings. The van der Waals surface area contributed by atoms with Crippen molar-refractivity contribution in [2.24, 2.45) is 0 Å². The Kier molecular flexibility index (Phi) is 5.62. The molecule has 1 fully saturated rings. The lowest BCUT2D eigenvalue weighted by molar-refractivity contribution is -0.384. The van der Waals surface area contributed by atoms with Gasteiger partial charge in [0.2, 0.25) is 0 Å². The minimum absolute atomic E-state index is 0.0234. The van der Waals surface area contributed by atoms with Gasteiger partial charge in [-0.2, -0.15) is 0 Å². The van der Waals surface area contributed by atoms with Crippen LogP contribution in [0.25, 0.3) is 17.4 Å². The van der Waals surface area contributed by atoms with Crippen LogP contribution in [0.3, 0.4) is 0 Å². The van der Waals surface area contributed by atoms with E-state index in [0.29, 0.717) is 32.2 Å². The van der Waals surface area contributed by atoms with Gasteiger partial charge in [-0.05, 0) is 55.0 Å². The summed E-state index contributed by atoms with van der Waals surface area (Å²) in [4.78, 5) is 25.3. The Morgan fingerprint density at radius 1 is 1.16 bits per heavy atom. The van der Waals surface area contributed by atoms with Crippen molar-refractivity contribution in [1.82, 2.24) is 0 Å². The molecule has 1 saturated heterocycles. The molecule has 156 valence electrons. The number of aryl methyl sites for hydroxylation is 1. The first-order chi connectivity index (χ1) is 14.9. The van der Waals surface area contributed by atoms with Crippen LogP contribution in [0.15, 0.2) is 63.9 Å². The molecule has 0 N–H and O–H groups in total. The summed E-state index contributed by atoms with van der Waals surface area (Å²) in [6.45, 7) is 1.78. The molecule has 31 heavy (non-hydrogen) atoms. The van der Waals surface area contributed by atoms with Gasteiger partial charge < -0.3 is 9.15 Å². The smallest absolute Gasteiger partial charge is 0.270 e. The number of anilines is 1. The van der Waals surface area contributed by atoms with Gasteiger partial charge in [0.05, 0.1) is 22.6 Å². The van der Waals surface area contributed by atoms with Gasteiger partial charge >= 0.3 is 0 Å². The molecule has 0 aliphatic carbocycles. The number of non-ortho nitro benzene ring substituents is 1. The number of rotatable bonds is 5. The number of ether oxygens (including phenoxy) is 1. The lowest BCUT2D eigenvalue weighted by Crippen LogP contribution is -2.27. The molecule has 1 amide bonds. The maximum absolute atomic E-state index is 12.9. The van der Waals surface area contributed by atoms with E-state index in [1.807, 2.05) is 0 Å². The van der Waals surface area contributed by atoms with Crippen molar-refractivity contribution in [1.29, 1.82) is 0 Å². The molecule has 0 saturated carbocycles. The average Bonchev–Trinajstić information content (AvgIpc) is 3.32. The van der Waals surface area contributed by atoms with E-state index in [-0.39, 0.29) is 11.6 Å². The third kappa shape index (κ3) is 4.10. The molecule has 0 bridgehead atoms. The van der Waals surface area contributed by atoms with Gasteiger partial charge in [-0.25, -0.2) is 0 Å². The Morgan fingerprint density at radius 2 is 1.90 bits per heavy atom. The summed E-state index contributed by atoms with van der Waals surface area (Å²) in [6, 6.07) is 15.2. The third-order valence-electron chi connectivity index (χ3n) is 4.71. The predicted octanol–water partition coefficient (Wildman–Crippen LogP) is 5.58. The monoisotopic (exact) mass is 452 g/mol. The molecule has 2 heterocycles. The van der Waals surface area contributed by atoms with E-state index in [2.05, 4.69) is 0 Å². The zero-order valence-electron chi connectivity index (χ0n) is 16.5. The van der Waals surface area contributed by atoms with Gasteiger partial charge in [-0.1, -0.05) is 24.0 Å². The first-order valence-electron chi connectivity index (χ1n) is 9.14. The highest BCUT2D eigenvalue weighted by atomic mass is 32.2. The van der Waals surface area contributed by atoms with Gasteiger partial charge in [0, 0.05) is 23.8 Å². The molecule has 0 unspecified atom stereocenters. The number of methoxy groups -OCH3 is 1. The molecule has 4 rings (SSSR count). The van der Waals surface area contributed by atoms with Crippen LogP contribution < -0.4 is 9.64 Å². The Morgan fingerprint density at radius 3 is 2.55 bits per heavy atom. The molecule has 0 radical (unpaired) electrons. The van der Waals surface area contributed by atoms with Crippen LogP contribution in [0.4, 0.5) is 11.4 Å². The van der Waals surface area contributed by atoms with E-state index < -0.39 is 4.92 Å². The number of thioether (sulfide) groups is 1. The van der Waals surface area contributed by atoms with Crippen LogP contribution in [0.5, 0.6) is 5.75 Å². The lowest BCUT2D eigenvalue weighted by atomic mass is 10.1. The van der Waals surface area contributed by atoms with Crippen molar-refractivity contribution in [3.63, 3.8) is 0 Å². The lowest BCUT2D eigenvalue weighted by Gasteiger charge is -2.14. The Balaban J connectivity index is 1.58. The summed E-state index contributed by atoms with van der Waals surface area (Å²) < 4.78 is 11.5. The highest BCUT2D eigenvalue weighted by Crippen LogP contribution is 2.37. The summed E-state index contributed by atoms with van der Waals surface area (Å²) >= 11 is 6.59. The second kappa shape index (κ2) is 8.37. The number of furan rings is 1. The number of nitrogens with zero attached hydrogens (tertiary/aromatic N) is 2. The van der Waals surface area contributed by atoms with E-state index in [1.165, 1.54) is 28.8 Å². The zero-order chi connectivity index (χ0) is 22.1. The normalized spacial score (nSPS) is 15.0. The maximum Gasteiger partial charge on any atom is 0.270 e. The Labute approximate surface area is 187 Å². The van der Waals surface area contributed by atoms with Crippen molar-refractivity contribution in [2.75, 3.05) is 12.0 Å². The molecule has 9 heteroatoms. The largest absolute Gasteiger partial charge is 0.497 e. The predicted molar refractivity (Wildman–Crippen MR) is 124 cm³/mol. The van der Waals surface area contributed by atoms with Crippen LogP contribution in [0.2, 0.25) is 0 Å². The highest BCUT2D eigenvalue weighted by molar-refractivity contribution is 8.27. The van der Waals surface area contributed by atoms with Crippen LogP contribution in [-0.2, 0) is 4.79 Å². The van der Waals surface area contributed by atoms with Crippen molar-refractivity contribution >= 4 is 51.7 Å². The number of carbonyl (C=O) groups is 1. The third-order valence-corrected chi connectivity index (χ3v) is 6.01. The molecule has 0 atom stereocenters. The number of hydrogen-bond donors (Lipinski definition) is 0. The number of amides is 1. The van der Waals surface area contributed by atoms with Crippen LogP contribution in [-0.4, -0.2) is 22.3 Å². The van der Waals surface area contributed by atoms with Crippen molar-refractivity contribution in [3.05, 3.63) is 80.9 Å². The van der Waals surface area contributed by atoms with Gasteiger partial charge in [0.15, 0.2) is 4.32 Å². The van der Waals surface area contributed by atoms with Crippen molar-refractivity contribution < 1.29 is 18.9 Å². The minimum atomic E-state index is -0.435. The van der Waals surface area contributed by atoms with E-state index in [9.17, 15) is 14.9 Å². The molecular formula is C22H16N2O5S2. The van der Waals surface area contributed by atoms with Crippen molar-refractivity contribution in [3.8, 4) is 17.1 Å². The Bertz CT molecular complexity index is 1230. The number of carbonyl (C=O) groups excluding carboxylic acids is 1. The quantitative estimate of drug-likeness (QED) is 0.216. The fourth-order valence-corrected chi connectivity index (χ4v) is 4.44. The highest BCUT2D eigenvalue weighted by Gasteiger charge is 2.33. The van der Waals surface area contributed by atoms with E-state index in [0.717, 1.165) is 11.1 Å². The number of nitro groups is 1. The zero-order valence-corrected chi connectivity index (χ0v) is 18.2. The molecule has 1 aromatic heterocycles. The molecule has 1 aliphatic rings. The fraction of sp³-hybridized carbons (Fsp3) is 0.0909. The molecule has 0 spiro atoms. The van der Waals surface area contributed by atoms with Gasteiger partial charge in [-0.15, -0.1) is 0 Å².